The molecule has 0 bridgehead atoms. The Hall–Kier alpha value is -2.67. The van der Waals surface area contributed by atoms with Gasteiger partial charge >= 0.3 is 11.9 Å². The van der Waals surface area contributed by atoms with Crippen molar-refractivity contribution in [3.63, 3.8) is 0 Å². The molecule has 5 nitrogen and oxygen atoms in total. The van der Waals surface area contributed by atoms with Gasteiger partial charge in [-0.15, -0.1) is 11.3 Å². The van der Waals surface area contributed by atoms with E-state index in [-0.39, 0.29) is 12.4 Å². The molecule has 1 aromatic carbocycles. The molecule has 0 aliphatic carbocycles. The first-order chi connectivity index (χ1) is 11.5. The third-order valence-electron chi connectivity index (χ3n) is 3.40. The van der Waals surface area contributed by atoms with Crippen molar-refractivity contribution < 1.29 is 27.9 Å². The summed E-state index contributed by atoms with van der Waals surface area (Å²) in [6, 6.07) is 7.38. The summed E-state index contributed by atoms with van der Waals surface area (Å²) >= 11 is 1.22. The zero-order valence-electron chi connectivity index (χ0n) is 12.9. The number of esters is 2. The molecule has 3 aromatic rings. The molecule has 0 fully saturated rings. The maximum atomic E-state index is 13.2. The van der Waals surface area contributed by atoms with Gasteiger partial charge in [0.1, 0.15) is 34.4 Å². The third kappa shape index (κ3) is 3.16. The van der Waals surface area contributed by atoms with Crippen molar-refractivity contribution in [3.8, 4) is 0 Å². The van der Waals surface area contributed by atoms with Crippen LogP contribution in [0.15, 0.2) is 34.7 Å². The molecular weight excluding hydrogens is 335 g/mol. The summed E-state index contributed by atoms with van der Waals surface area (Å²) in [5.41, 5.74) is 0.292. The van der Waals surface area contributed by atoms with E-state index < -0.39 is 11.9 Å². The van der Waals surface area contributed by atoms with E-state index in [1.807, 2.05) is 0 Å². The highest BCUT2D eigenvalue weighted by Gasteiger charge is 2.17. The van der Waals surface area contributed by atoms with Gasteiger partial charge in [-0.2, -0.15) is 0 Å². The summed E-state index contributed by atoms with van der Waals surface area (Å²) in [7, 11) is 1.28. The van der Waals surface area contributed by atoms with E-state index in [2.05, 4.69) is 4.74 Å². The molecule has 0 spiro atoms. The minimum absolute atomic E-state index is 0.112. The number of rotatable bonds is 4. The lowest BCUT2D eigenvalue weighted by Crippen LogP contribution is -2.03. The molecule has 0 N–H and O–H groups in total. The van der Waals surface area contributed by atoms with Gasteiger partial charge in [0.05, 0.1) is 7.11 Å². The van der Waals surface area contributed by atoms with Gasteiger partial charge in [0.15, 0.2) is 0 Å². The Labute approximate surface area is 140 Å². The number of carbonyl (C=O) groups excluding carboxylic acids is 2. The Morgan fingerprint density at radius 1 is 1.21 bits per heavy atom. The minimum Gasteiger partial charge on any atom is -0.465 e. The van der Waals surface area contributed by atoms with E-state index in [0.29, 0.717) is 27.3 Å². The molecule has 0 radical (unpaired) electrons. The fourth-order valence-electron chi connectivity index (χ4n) is 2.25. The van der Waals surface area contributed by atoms with Crippen molar-refractivity contribution in [2.45, 2.75) is 13.5 Å². The average Bonchev–Trinajstić information content (AvgIpc) is 3.14. The van der Waals surface area contributed by atoms with Gasteiger partial charge in [-0.05, 0) is 42.6 Å². The van der Waals surface area contributed by atoms with Crippen molar-refractivity contribution in [2.24, 2.45) is 0 Å². The van der Waals surface area contributed by atoms with E-state index >= 15 is 0 Å². The molecule has 0 aliphatic heterocycles. The largest absolute Gasteiger partial charge is 0.465 e. The van der Waals surface area contributed by atoms with Crippen LogP contribution < -0.4 is 0 Å². The number of methoxy groups -OCH3 is 1. The van der Waals surface area contributed by atoms with Crippen LogP contribution >= 0.6 is 11.3 Å². The molecule has 0 saturated carbocycles. The van der Waals surface area contributed by atoms with E-state index in [4.69, 9.17) is 9.15 Å². The maximum Gasteiger partial charge on any atom is 0.348 e. The van der Waals surface area contributed by atoms with E-state index in [1.165, 1.54) is 36.6 Å². The van der Waals surface area contributed by atoms with Gasteiger partial charge in [-0.1, -0.05) is 0 Å². The fourth-order valence-corrected chi connectivity index (χ4v) is 3.19. The number of thiophene rings is 1. The van der Waals surface area contributed by atoms with E-state index in [1.54, 1.807) is 19.1 Å². The number of halogens is 1. The summed E-state index contributed by atoms with van der Waals surface area (Å²) < 4.78 is 29.2. The summed E-state index contributed by atoms with van der Waals surface area (Å²) in [6.07, 6.45) is 0. The number of hydrogen-bond donors (Lipinski definition) is 0. The zero-order chi connectivity index (χ0) is 17.3. The van der Waals surface area contributed by atoms with Crippen LogP contribution in [0.25, 0.3) is 10.1 Å². The maximum absolute atomic E-state index is 13.2. The first-order valence-corrected chi connectivity index (χ1v) is 7.83. The van der Waals surface area contributed by atoms with Crippen LogP contribution in [0.5, 0.6) is 0 Å². The molecule has 0 amide bonds. The second kappa shape index (κ2) is 6.45. The number of hydrogen-bond acceptors (Lipinski definition) is 6. The first kappa shape index (κ1) is 16.2. The molecule has 0 saturated heterocycles. The quantitative estimate of drug-likeness (QED) is 0.665. The van der Waals surface area contributed by atoms with E-state index in [9.17, 15) is 14.0 Å². The Morgan fingerprint density at radius 3 is 2.75 bits per heavy atom. The highest BCUT2D eigenvalue weighted by atomic mass is 32.1. The summed E-state index contributed by atoms with van der Waals surface area (Å²) in [5.74, 6) is -0.675. The van der Waals surface area contributed by atoms with Crippen LogP contribution in [0, 0.1) is 12.7 Å². The number of fused-ring (bicyclic) bond motifs is 1. The Kier molecular flexibility index (Phi) is 4.35. The monoisotopic (exact) mass is 348 g/mol. The second-order valence-electron chi connectivity index (χ2n) is 5.04. The van der Waals surface area contributed by atoms with Gasteiger partial charge in [0, 0.05) is 4.70 Å². The summed E-state index contributed by atoms with van der Waals surface area (Å²) in [5, 5.41) is 0.647. The topological polar surface area (TPSA) is 65.7 Å². The van der Waals surface area contributed by atoms with Crippen LogP contribution in [-0.2, 0) is 16.1 Å². The number of ether oxygens (including phenoxy) is 2. The third-order valence-corrected chi connectivity index (χ3v) is 4.50. The Bertz CT molecular complexity index is 924. The highest BCUT2D eigenvalue weighted by Crippen LogP contribution is 2.27. The molecule has 0 unspecified atom stereocenters. The lowest BCUT2D eigenvalue weighted by molar-refractivity contribution is 0.0449. The molecule has 2 aromatic heterocycles. The van der Waals surface area contributed by atoms with Crippen molar-refractivity contribution in [3.05, 3.63) is 58.1 Å². The number of benzene rings is 1. The molecule has 0 aliphatic rings. The van der Waals surface area contributed by atoms with Crippen molar-refractivity contribution in [1.82, 2.24) is 0 Å². The SMILES string of the molecule is COC(=O)c1cc(COC(=O)c2cc3cc(F)ccc3s2)oc1C. The molecular formula is C17H13FO5S. The summed E-state index contributed by atoms with van der Waals surface area (Å²) in [4.78, 5) is 24.0. The van der Waals surface area contributed by atoms with Crippen molar-refractivity contribution in [2.75, 3.05) is 7.11 Å². The molecule has 7 heteroatoms. The van der Waals surface area contributed by atoms with Crippen molar-refractivity contribution in [1.29, 1.82) is 0 Å². The minimum atomic E-state index is -0.537. The number of furan rings is 1. The normalized spacial score (nSPS) is 10.8. The highest BCUT2D eigenvalue weighted by molar-refractivity contribution is 7.20. The lowest BCUT2D eigenvalue weighted by atomic mass is 10.2. The van der Waals surface area contributed by atoms with Gasteiger partial charge in [0.2, 0.25) is 0 Å². The van der Waals surface area contributed by atoms with Gasteiger partial charge in [0.25, 0.3) is 0 Å². The number of carbonyl (C=O) groups is 2. The average molecular weight is 348 g/mol. The van der Waals surface area contributed by atoms with E-state index in [0.717, 1.165) is 4.70 Å². The predicted molar refractivity (Wildman–Crippen MR) is 85.7 cm³/mol. The molecule has 2 heterocycles. The second-order valence-corrected chi connectivity index (χ2v) is 6.13. The summed E-state index contributed by atoms with van der Waals surface area (Å²) in [6.45, 7) is 1.51. The zero-order valence-corrected chi connectivity index (χ0v) is 13.7. The van der Waals surface area contributed by atoms with Gasteiger partial charge in [-0.25, -0.2) is 14.0 Å². The van der Waals surface area contributed by atoms with Crippen LogP contribution in [0.4, 0.5) is 4.39 Å². The van der Waals surface area contributed by atoms with Crippen LogP contribution in [0.3, 0.4) is 0 Å². The van der Waals surface area contributed by atoms with Crippen LogP contribution in [0.2, 0.25) is 0 Å². The van der Waals surface area contributed by atoms with Crippen LogP contribution in [-0.4, -0.2) is 19.0 Å². The van der Waals surface area contributed by atoms with Gasteiger partial charge < -0.3 is 13.9 Å². The first-order valence-electron chi connectivity index (χ1n) is 7.02. The molecule has 3 rings (SSSR count). The molecule has 24 heavy (non-hydrogen) atoms. The Morgan fingerprint density at radius 2 is 2.00 bits per heavy atom. The fraction of sp³-hybridized carbons (Fsp3) is 0.176. The smallest absolute Gasteiger partial charge is 0.348 e. The molecule has 124 valence electrons. The molecule has 0 atom stereocenters. The van der Waals surface area contributed by atoms with Crippen LogP contribution in [0.1, 0.15) is 31.6 Å². The van der Waals surface area contributed by atoms with Gasteiger partial charge in [-0.3, -0.25) is 0 Å². The predicted octanol–water partition coefficient (Wildman–Crippen LogP) is 4.09. The van der Waals surface area contributed by atoms with Crippen molar-refractivity contribution >= 4 is 33.4 Å². The number of aryl methyl sites for hydroxylation is 1. The standard InChI is InChI=1S/C17H13FO5S/c1-9-13(16(19)21-2)7-12(23-9)8-22-17(20)15-6-10-5-11(18)3-4-14(10)24-15/h3-7H,8H2,1-2H3. The Balaban J connectivity index is 1.71. The lowest BCUT2D eigenvalue weighted by Gasteiger charge is -1.99.